The van der Waals surface area contributed by atoms with Crippen molar-refractivity contribution >= 4 is 22.9 Å². The molecule has 7 heteroatoms. The number of carbonyl (C=O) groups is 2. The van der Waals surface area contributed by atoms with Crippen LogP contribution in [0.5, 0.6) is 5.75 Å². The first-order valence-corrected chi connectivity index (χ1v) is 11.8. The molecule has 4 aromatic rings. The Bertz CT molecular complexity index is 1370. The third-order valence-corrected chi connectivity index (χ3v) is 6.66. The van der Waals surface area contributed by atoms with Crippen molar-refractivity contribution in [1.29, 1.82) is 0 Å². The molecule has 3 heterocycles. The van der Waals surface area contributed by atoms with Crippen molar-refractivity contribution < 1.29 is 18.7 Å². The van der Waals surface area contributed by atoms with Crippen molar-refractivity contribution in [3.8, 4) is 5.75 Å². The third kappa shape index (κ3) is 4.41. The fourth-order valence-corrected chi connectivity index (χ4v) is 4.81. The van der Waals surface area contributed by atoms with E-state index in [4.69, 9.17) is 9.15 Å². The van der Waals surface area contributed by atoms with E-state index in [1.54, 1.807) is 37.6 Å². The van der Waals surface area contributed by atoms with Gasteiger partial charge in [-0.1, -0.05) is 29.8 Å². The predicted octanol–water partition coefficient (Wildman–Crippen LogP) is 4.59. The monoisotopic (exact) mass is 471 g/mol. The number of piperazine rings is 1. The zero-order chi connectivity index (χ0) is 24.5. The van der Waals surface area contributed by atoms with Crippen LogP contribution in [0, 0.1) is 6.92 Å². The Balaban J connectivity index is 1.34. The molecule has 2 aromatic heterocycles. The van der Waals surface area contributed by atoms with E-state index in [-0.39, 0.29) is 17.9 Å². The van der Waals surface area contributed by atoms with Crippen LogP contribution in [0.3, 0.4) is 0 Å². The van der Waals surface area contributed by atoms with Gasteiger partial charge in [-0.3, -0.25) is 9.59 Å². The summed E-state index contributed by atoms with van der Waals surface area (Å²) in [4.78, 5) is 30.4. The summed E-state index contributed by atoms with van der Waals surface area (Å²) in [7, 11) is 1.60. The van der Waals surface area contributed by atoms with Gasteiger partial charge in [-0.25, -0.2) is 0 Å². The molecule has 0 unspecified atom stereocenters. The van der Waals surface area contributed by atoms with E-state index in [0.29, 0.717) is 48.9 Å². The van der Waals surface area contributed by atoms with Crippen LogP contribution in [0.1, 0.15) is 38.9 Å². The average molecular weight is 472 g/mol. The maximum atomic E-state index is 13.7. The van der Waals surface area contributed by atoms with Gasteiger partial charge in [-0.2, -0.15) is 0 Å². The molecule has 1 atom stereocenters. The number of carbonyl (C=O) groups excluding carboxylic acids is 2. The molecule has 5 rings (SSSR count). The Labute approximate surface area is 204 Å². The second-order valence-electron chi connectivity index (χ2n) is 9.11. The zero-order valence-electron chi connectivity index (χ0n) is 20.2. The van der Waals surface area contributed by atoms with Crippen LogP contribution in [0.2, 0.25) is 0 Å². The molecule has 2 amide bonds. The fraction of sp³-hybridized carbons (Fsp3) is 0.286. The van der Waals surface area contributed by atoms with Crippen LogP contribution in [0.15, 0.2) is 71.3 Å². The number of furan rings is 1. The molecule has 2 aromatic carbocycles. The van der Waals surface area contributed by atoms with Gasteiger partial charge in [0.15, 0.2) is 0 Å². The number of fused-ring (bicyclic) bond motifs is 1. The Hall–Kier alpha value is -4.00. The average Bonchev–Trinajstić information content (AvgIpc) is 3.46. The van der Waals surface area contributed by atoms with Gasteiger partial charge in [0.05, 0.1) is 19.9 Å². The lowest BCUT2D eigenvalue weighted by atomic mass is 10.1. The highest BCUT2D eigenvalue weighted by Gasteiger charge is 2.32. The number of nitrogens with zero attached hydrogens (tertiary/aromatic N) is 3. The largest absolute Gasteiger partial charge is 0.497 e. The van der Waals surface area contributed by atoms with Gasteiger partial charge in [-0.05, 0) is 55.8 Å². The van der Waals surface area contributed by atoms with Crippen LogP contribution in [-0.4, -0.2) is 59.0 Å². The number of amides is 2. The van der Waals surface area contributed by atoms with E-state index in [2.05, 4.69) is 25.1 Å². The highest BCUT2D eigenvalue weighted by molar-refractivity contribution is 5.98. The van der Waals surface area contributed by atoms with Crippen molar-refractivity contribution in [2.75, 3.05) is 26.7 Å². The lowest BCUT2D eigenvalue weighted by Gasteiger charge is -2.40. The number of aryl methyl sites for hydroxylation is 1. The molecule has 0 spiro atoms. The predicted molar refractivity (Wildman–Crippen MR) is 134 cm³/mol. The molecule has 35 heavy (non-hydrogen) atoms. The summed E-state index contributed by atoms with van der Waals surface area (Å²) in [5, 5.41) is 0.905. The summed E-state index contributed by atoms with van der Waals surface area (Å²) in [5.74, 6) is 0.629. The SMILES string of the molecule is COc1ccc(C(=O)N2CCN(C(=O)c3cc4ccoc4n3Cc3cccc(C)c3)C[C@H]2C)cc1. The van der Waals surface area contributed by atoms with Crippen molar-refractivity contribution in [2.24, 2.45) is 0 Å². The molecular weight excluding hydrogens is 442 g/mol. The second kappa shape index (κ2) is 9.33. The zero-order valence-corrected chi connectivity index (χ0v) is 20.2. The minimum absolute atomic E-state index is 0.0346. The minimum Gasteiger partial charge on any atom is -0.497 e. The summed E-state index contributed by atoms with van der Waals surface area (Å²) in [5.41, 5.74) is 4.19. The number of rotatable bonds is 5. The molecule has 1 saturated heterocycles. The molecule has 0 saturated carbocycles. The minimum atomic E-state index is -0.106. The summed E-state index contributed by atoms with van der Waals surface area (Å²) >= 11 is 0. The van der Waals surface area contributed by atoms with Crippen molar-refractivity contribution in [1.82, 2.24) is 14.4 Å². The molecule has 1 fully saturated rings. The third-order valence-electron chi connectivity index (χ3n) is 6.66. The summed E-state index contributed by atoms with van der Waals surface area (Å²) in [6, 6.07) is 19.1. The molecule has 0 aliphatic carbocycles. The van der Waals surface area contributed by atoms with Gasteiger partial charge in [0.25, 0.3) is 11.8 Å². The lowest BCUT2D eigenvalue weighted by molar-refractivity contribution is 0.0409. The van der Waals surface area contributed by atoms with Crippen LogP contribution in [-0.2, 0) is 6.54 Å². The van der Waals surface area contributed by atoms with Gasteiger partial charge < -0.3 is 23.5 Å². The van der Waals surface area contributed by atoms with E-state index < -0.39 is 0 Å². The maximum Gasteiger partial charge on any atom is 0.270 e. The summed E-state index contributed by atoms with van der Waals surface area (Å²) in [6.45, 7) is 6.01. The van der Waals surface area contributed by atoms with Gasteiger partial charge in [0.2, 0.25) is 5.71 Å². The quantitative estimate of drug-likeness (QED) is 0.427. The number of aromatic nitrogens is 1. The summed E-state index contributed by atoms with van der Waals surface area (Å²) < 4.78 is 12.9. The number of hydrogen-bond donors (Lipinski definition) is 0. The van der Waals surface area contributed by atoms with E-state index in [1.165, 1.54) is 5.56 Å². The normalized spacial score (nSPS) is 16.0. The van der Waals surface area contributed by atoms with Gasteiger partial charge >= 0.3 is 0 Å². The van der Waals surface area contributed by atoms with E-state index in [1.807, 2.05) is 39.5 Å². The Morgan fingerprint density at radius 1 is 1.03 bits per heavy atom. The lowest BCUT2D eigenvalue weighted by Crippen LogP contribution is -2.55. The van der Waals surface area contributed by atoms with E-state index in [0.717, 1.165) is 10.9 Å². The number of ether oxygens (including phenoxy) is 1. The second-order valence-corrected chi connectivity index (χ2v) is 9.11. The number of benzene rings is 2. The van der Waals surface area contributed by atoms with Crippen LogP contribution in [0.25, 0.3) is 11.1 Å². The molecular formula is C28H29N3O4. The van der Waals surface area contributed by atoms with Gasteiger partial charge in [0, 0.05) is 36.6 Å². The van der Waals surface area contributed by atoms with Crippen molar-refractivity contribution in [2.45, 2.75) is 26.4 Å². The highest BCUT2D eigenvalue weighted by atomic mass is 16.5. The fourth-order valence-electron chi connectivity index (χ4n) is 4.81. The van der Waals surface area contributed by atoms with Gasteiger partial charge in [0.1, 0.15) is 11.4 Å². The smallest absolute Gasteiger partial charge is 0.270 e. The molecule has 1 aliphatic rings. The Morgan fingerprint density at radius 2 is 1.83 bits per heavy atom. The van der Waals surface area contributed by atoms with Crippen molar-refractivity contribution in [3.05, 3.63) is 89.3 Å². The van der Waals surface area contributed by atoms with E-state index in [9.17, 15) is 9.59 Å². The van der Waals surface area contributed by atoms with Crippen LogP contribution >= 0.6 is 0 Å². The first kappa shape index (κ1) is 22.8. The molecule has 180 valence electrons. The van der Waals surface area contributed by atoms with Gasteiger partial charge in [-0.15, -0.1) is 0 Å². The standard InChI is InChI=1S/C28H29N3O4/c1-19-5-4-6-21(15-19)18-31-25(16-23-11-14-35-28(23)31)27(33)29-12-13-30(20(2)17-29)26(32)22-7-9-24(34-3)10-8-22/h4-11,14-16,20H,12-13,17-18H2,1-3H3/t20-/m1/s1. The Kier molecular flexibility index (Phi) is 6.07. The molecule has 0 bridgehead atoms. The van der Waals surface area contributed by atoms with Crippen LogP contribution in [0.4, 0.5) is 0 Å². The molecule has 0 radical (unpaired) electrons. The molecule has 7 nitrogen and oxygen atoms in total. The topological polar surface area (TPSA) is 67.9 Å². The highest BCUT2D eigenvalue weighted by Crippen LogP contribution is 2.25. The first-order valence-electron chi connectivity index (χ1n) is 11.8. The van der Waals surface area contributed by atoms with Crippen LogP contribution < -0.4 is 4.74 Å². The number of methoxy groups -OCH3 is 1. The van der Waals surface area contributed by atoms with E-state index >= 15 is 0 Å². The van der Waals surface area contributed by atoms with Crippen molar-refractivity contribution in [3.63, 3.8) is 0 Å². The summed E-state index contributed by atoms with van der Waals surface area (Å²) in [6.07, 6.45) is 1.65. The maximum absolute atomic E-state index is 13.7. The number of hydrogen-bond acceptors (Lipinski definition) is 4. The Morgan fingerprint density at radius 3 is 2.54 bits per heavy atom. The molecule has 0 N–H and O–H groups in total. The molecule has 1 aliphatic heterocycles. The first-order chi connectivity index (χ1) is 16.9.